The van der Waals surface area contributed by atoms with Crippen molar-refractivity contribution in [2.24, 2.45) is 4.99 Å². The molecule has 2 unspecified atom stereocenters. The van der Waals surface area contributed by atoms with Gasteiger partial charge in [0.1, 0.15) is 11.8 Å². The Bertz CT molecular complexity index is 1240. The lowest BCUT2D eigenvalue weighted by molar-refractivity contribution is -0.141. The van der Waals surface area contributed by atoms with Crippen LogP contribution in [0.1, 0.15) is 12.6 Å². The summed E-state index contributed by atoms with van der Waals surface area (Å²) in [5, 5.41) is 0. The van der Waals surface area contributed by atoms with Crippen LogP contribution in [0, 0.1) is 5.82 Å². The van der Waals surface area contributed by atoms with Crippen molar-refractivity contribution in [3.05, 3.63) is 47.9 Å². The van der Waals surface area contributed by atoms with Gasteiger partial charge in [0.25, 0.3) is 0 Å². The van der Waals surface area contributed by atoms with Gasteiger partial charge in [-0.1, -0.05) is 6.08 Å². The van der Waals surface area contributed by atoms with Gasteiger partial charge in [0.2, 0.25) is 0 Å². The van der Waals surface area contributed by atoms with Crippen molar-refractivity contribution in [1.82, 2.24) is 24.3 Å². The Morgan fingerprint density at radius 3 is 2.69 bits per heavy atom. The fourth-order valence-corrected chi connectivity index (χ4v) is 3.80. The molecule has 0 aliphatic carbocycles. The maximum Gasteiger partial charge on any atom is 0.434 e. The van der Waals surface area contributed by atoms with Crippen LogP contribution in [0.5, 0.6) is 0 Å². The molecule has 0 aromatic carbocycles. The van der Waals surface area contributed by atoms with E-state index in [4.69, 9.17) is 4.74 Å². The maximum atomic E-state index is 14.7. The van der Waals surface area contributed by atoms with Gasteiger partial charge in [0, 0.05) is 19.0 Å². The second-order valence-corrected chi connectivity index (χ2v) is 7.55. The van der Waals surface area contributed by atoms with Crippen LogP contribution in [0.15, 0.2) is 41.4 Å². The van der Waals surface area contributed by atoms with Crippen molar-refractivity contribution in [3.8, 4) is 11.5 Å². The van der Waals surface area contributed by atoms with Gasteiger partial charge in [0.15, 0.2) is 28.8 Å². The zero-order valence-corrected chi connectivity index (χ0v) is 16.8. The van der Waals surface area contributed by atoms with Crippen molar-refractivity contribution < 1.29 is 22.3 Å². The molecule has 5 heterocycles. The fourth-order valence-electron chi connectivity index (χ4n) is 3.80. The summed E-state index contributed by atoms with van der Waals surface area (Å²) in [5.41, 5.74) is 0.223. The monoisotopic (exact) mass is 447 g/mol. The Morgan fingerprint density at radius 2 is 1.94 bits per heavy atom. The molecule has 12 heteroatoms. The molecule has 2 aliphatic rings. The molecular formula is C20H17F4N7O. The highest BCUT2D eigenvalue weighted by atomic mass is 19.4. The largest absolute Gasteiger partial charge is 0.434 e. The van der Waals surface area contributed by atoms with E-state index >= 15 is 0 Å². The summed E-state index contributed by atoms with van der Waals surface area (Å²) >= 11 is 0. The third kappa shape index (κ3) is 3.70. The lowest BCUT2D eigenvalue weighted by atomic mass is 10.1. The van der Waals surface area contributed by atoms with Gasteiger partial charge in [0.05, 0.1) is 37.8 Å². The van der Waals surface area contributed by atoms with Gasteiger partial charge in [-0.25, -0.2) is 24.3 Å². The number of hydrogen-bond donors (Lipinski definition) is 0. The van der Waals surface area contributed by atoms with E-state index in [2.05, 4.69) is 24.9 Å². The van der Waals surface area contributed by atoms with E-state index in [1.807, 2.05) is 13.0 Å². The number of nitrogens with zero attached hydrogens (tertiary/aromatic N) is 7. The maximum absolute atomic E-state index is 14.7. The predicted octanol–water partition coefficient (Wildman–Crippen LogP) is 2.95. The van der Waals surface area contributed by atoms with Crippen LogP contribution in [0.3, 0.4) is 0 Å². The summed E-state index contributed by atoms with van der Waals surface area (Å²) in [6.07, 6.45) is 2.76. The molecule has 0 amide bonds. The number of halogens is 4. The number of fused-ring (bicyclic) bond motifs is 1. The van der Waals surface area contributed by atoms with Crippen LogP contribution in [-0.4, -0.2) is 62.4 Å². The summed E-state index contributed by atoms with van der Waals surface area (Å²) < 4.78 is 61.2. The van der Waals surface area contributed by atoms with E-state index in [1.165, 1.54) is 10.6 Å². The number of hydrogen-bond acceptors (Lipinski definition) is 7. The fraction of sp³-hybridized carbons (Fsp3) is 0.350. The minimum Gasteiger partial charge on any atom is -0.367 e. The van der Waals surface area contributed by atoms with Gasteiger partial charge in [-0.15, -0.1) is 0 Å². The van der Waals surface area contributed by atoms with Crippen LogP contribution >= 0.6 is 0 Å². The third-order valence-corrected chi connectivity index (χ3v) is 5.25. The highest BCUT2D eigenvalue weighted by Crippen LogP contribution is 2.30. The Labute approximate surface area is 179 Å². The lowest BCUT2D eigenvalue weighted by Gasteiger charge is -2.37. The average Bonchev–Trinajstić information content (AvgIpc) is 3.43. The van der Waals surface area contributed by atoms with E-state index in [1.54, 1.807) is 11.1 Å². The van der Waals surface area contributed by atoms with E-state index < -0.39 is 17.7 Å². The first-order chi connectivity index (χ1) is 15.3. The topological polar surface area (TPSA) is 80.8 Å². The van der Waals surface area contributed by atoms with Crippen molar-refractivity contribution in [1.29, 1.82) is 0 Å². The third-order valence-electron chi connectivity index (χ3n) is 5.25. The molecule has 0 bridgehead atoms. The summed E-state index contributed by atoms with van der Waals surface area (Å²) in [5.74, 6) is -0.543. The molecule has 8 nitrogen and oxygen atoms in total. The second kappa shape index (κ2) is 7.62. The van der Waals surface area contributed by atoms with Gasteiger partial charge >= 0.3 is 6.18 Å². The molecule has 0 saturated carbocycles. The number of anilines is 1. The van der Waals surface area contributed by atoms with Crippen LogP contribution in [0.2, 0.25) is 0 Å². The Morgan fingerprint density at radius 1 is 1.09 bits per heavy atom. The molecule has 3 aromatic heterocycles. The van der Waals surface area contributed by atoms with Crippen LogP contribution in [0.25, 0.3) is 17.2 Å². The number of ether oxygens (including phenoxy) is 1. The zero-order chi connectivity index (χ0) is 22.5. The van der Waals surface area contributed by atoms with Crippen LogP contribution in [-0.2, 0) is 10.9 Å². The van der Waals surface area contributed by atoms with Gasteiger partial charge in [-0.05, 0) is 12.5 Å². The first-order valence-electron chi connectivity index (χ1n) is 9.83. The minimum absolute atomic E-state index is 0.0468. The molecule has 1 fully saturated rings. The number of aliphatic imine (C=N–C) groups is 1. The number of imidazole rings is 1. The number of aromatic nitrogens is 5. The number of morpholine rings is 1. The first-order valence-corrected chi connectivity index (χ1v) is 9.83. The molecular weight excluding hydrogens is 430 g/mol. The van der Waals surface area contributed by atoms with E-state index in [0.29, 0.717) is 19.6 Å². The second-order valence-electron chi connectivity index (χ2n) is 7.55. The Hall–Kier alpha value is -3.41. The van der Waals surface area contributed by atoms with Crippen LogP contribution in [0.4, 0.5) is 23.4 Å². The van der Waals surface area contributed by atoms with Crippen molar-refractivity contribution in [2.75, 3.05) is 24.5 Å². The summed E-state index contributed by atoms with van der Waals surface area (Å²) in [6, 6.07) is 0. The molecule has 5 rings (SSSR count). The van der Waals surface area contributed by atoms with Crippen molar-refractivity contribution >= 4 is 17.7 Å². The normalized spacial score (nSPS) is 21.4. The van der Waals surface area contributed by atoms with Crippen LogP contribution < -0.4 is 4.90 Å². The molecule has 3 aromatic rings. The number of rotatable bonds is 3. The first kappa shape index (κ1) is 20.5. The SMILES string of the molecule is CC1CN(c2nc(-c3cnc4cnc(C(F)(F)F)cn34)ncc2F)CC(C2=CCN=C2)O1. The van der Waals surface area contributed by atoms with E-state index in [0.717, 1.165) is 24.2 Å². The quantitative estimate of drug-likeness (QED) is 0.575. The molecule has 0 N–H and O–H groups in total. The number of alkyl halides is 3. The van der Waals surface area contributed by atoms with Gasteiger partial charge in [-0.3, -0.25) is 9.39 Å². The summed E-state index contributed by atoms with van der Waals surface area (Å²) in [4.78, 5) is 21.7. The van der Waals surface area contributed by atoms with Gasteiger partial charge in [-0.2, -0.15) is 13.2 Å². The summed E-state index contributed by atoms with van der Waals surface area (Å²) in [7, 11) is 0. The average molecular weight is 447 g/mol. The Kier molecular flexibility index (Phi) is 4.88. The molecule has 0 radical (unpaired) electrons. The van der Waals surface area contributed by atoms with Crippen molar-refractivity contribution in [3.63, 3.8) is 0 Å². The smallest absolute Gasteiger partial charge is 0.367 e. The molecule has 0 spiro atoms. The highest BCUT2D eigenvalue weighted by Gasteiger charge is 2.34. The Balaban J connectivity index is 1.52. The standard InChI is InChI=1S/C20H17F4N7O/c1-11-8-30(9-15(32-11)12-2-3-25-4-12)19-13(21)5-28-18(29-19)14-6-27-17-7-26-16(10-31(14)17)20(22,23)24/h2,4-7,10-11,15H,3,8-9H2,1H3. The molecule has 1 saturated heterocycles. The zero-order valence-electron chi connectivity index (χ0n) is 16.8. The molecule has 32 heavy (non-hydrogen) atoms. The molecule has 2 aliphatic heterocycles. The lowest BCUT2D eigenvalue weighted by Crippen LogP contribution is -2.48. The van der Waals surface area contributed by atoms with Gasteiger partial charge < -0.3 is 9.64 Å². The van der Waals surface area contributed by atoms with E-state index in [9.17, 15) is 17.6 Å². The predicted molar refractivity (Wildman–Crippen MR) is 107 cm³/mol. The highest BCUT2D eigenvalue weighted by molar-refractivity contribution is 5.82. The minimum atomic E-state index is -4.62. The molecule has 2 atom stereocenters. The van der Waals surface area contributed by atoms with Crippen molar-refractivity contribution in [2.45, 2.75) is 25.3 Å². The summed E-state index contributed by atoms with van der Waals surface area (Å²) in [6.45, 7) is 3.20. The molecule has 166 valence electrons. The van der Waals surface area contributed by atoms with E-state index in [-0.39, 0.29) is 35.2 Å².